The topological polar surface area (TPSA) is 24.5 Å². The molecule has 2 unspecified atom stereocenters. The molecule has 2 fully saturated rings. The smallest absolute Gasteiger partial charge is 0.118 e. The highest BCUT2D eigenvalue weighted by Gasteiger charge is 2.34. The number of hydrogen-bond donors (Lipinski definition) is 1. The zero-order valence-electron chi connectivity index (χ0n) is 13.5. The Morgan fingerprint density at radius 1 is 1.05 bits per heavy atom. The Morgan fingerprint density at radius 3 is 2.24 bits per heavy atom. The lowest BCUT2D eigenvalue weighted by Crippen LogP contribution is -2.57. The van der Waals surface area contributed by atoms with Crippen LogP contribution in [0.2, 0.25) is 0 Å². The quantitative estimate of drug-likeness (QED) is 0.914. The maximum Gasteiger partial charge on any atom is 0.118 e. The SMILES string of the molecule is COc1ccc(C2CC(NN3C(C)CCCC3C)C2)cc1. The van der Waals surface area contributed by atoms with Crippen molar-refractivity contribution in [3.8, 4) is 5.75 Å². The number of benzene rings is 1. The van der Waals surface area contributed by atoms with E-state index in [-0.39, 0.29) is 0 Å². The average molecular weight is 288 g/mol. The van der Waals surface area contributed by atoms with E-state index in [9.17, 15) is 0 Å². The molecule has 1 heterocycles. The molecule has 1 saturated heterocycles. The first-order chi connectivity index (χ1) is 10.2. The molecule has 0 radical (unpaired) electrons. The van der Waals surface area contributed by atoms with Gasteiger partial charge < -0.3 is 4.74 Å². The van der Waals surface area contributed by atoms with E-state index in [1.807, 2.05) is 0 Å². The maximum absolute atomic E-state index is 5.23. The van der Waals surface area contributed by atoms with E-state index in [1.165, 1.54) is 37.7 Å². The van der Waals surface area contributed by atoms with Gasteiger partial charge in [-0.15, -0.1) is 0 Å². The minimum absolute atomic E-state index is 0.653. The summed E-state index contributed by atoms with van der Waals surface area (Å²) in [5, 5.41) is 2.51. The third-order valence-electron chi connectivity index (χ3n) is 5.25. The van der Waals surface area contributed by atoms with Gasteiger partial charge in [0, 0.05) is 18.1 Å². The van der Waals surface area contributed by atoms with Crippen LogP contribution in [-0.2, 0) is 0 Å². The van der Waals surface area contributed by atoms with Crippen molar-refractivity contribution in [3.63, 3.8) is 0 Å². The van der Waals surface area contributed by atoms with Crippen molar-refractivity contribution in [3.05, 3.63) is 29.8 Å². The van der Waals surface area contributed by atoms with Crippen LogP contribution in [0.25, 0.3) is 0 Å². The molecule has 0 aromatic heterocycles. The number of ether oxygens (including phenoxy) is 1. The molecule has 3 heteroatoms. The van der Waals surface area contributed by atoms with Crippen LogP contribution in [0.4, 0.5) is 0 Å². The summed E-state index contributed by atoms with van der Waals surface area (Å²) in [4.78, 5) is 0. The van der Waals surface area contributed by atoms with Gasteiger partial charge in [-0.2, -0.15) is 0 Å². The van der Waals surface area contributed by atoms with Gasteiger partial charge in [-0.25, -0.2) is 5.01 Å². The zero-order chi connectivity index (χ0) is 14.8. The van der Waals surface area contributed by atoms with Gasteiger partial charge in [0.25, 0.3) is 0 Å². The summed E-state index contributed by atoms with van der Waals surface area (Å²) in [5.41, 5.74) is 5.24. The summed E-state index contributed by atoms with van der Waals surface area (Å²) < 4.78 is 5.23. The Kier molecular flexibility index (Phi) is 4.51. The first-order valence-electron chi connectivity index (χ1n) is 8.36. The Labute approximate surface area is 128 Å². The summed E-state index contributed by atoms with van der Waals surface area (Å²) >= 11 is 0. The van der Waals surface area contributed by atoms with Gasteiger partial charge in [0.15, 0.2) is 0 Å². The predicted octanol–water partition coefficient (Wildman–Crippen LogP) is 3.71. The molecule has 0 bridgehead atoms. The Balaban J connectivity index is 1.50. The minimum Gasteiger partial charge on any atom is -0.497 e. The highest BCUT2D eigenvalue weighted by atomic mass is 16.5. The fourth-order valence-electron chi connectivity index (χ4n) is 3.76. The fourth-order valence-corrected chi connectivity index (χ4v) is 3.76. The molecule has 21 heavy (non-hydrogen) atoms. The molecular weight excluding hydrogens is 260 g/mol. The van der Waals surface area contributed by atoms with Crippen LogP contribution in [-0.4, -0.2) is 30.2 Å². The van der Waals surface area contributed by atoms with E-state index in [4.69, 9.17) is 4.74 Å². The summed E-state index contributed by atoms with van der Waals surface area (Å²) in [6.45, 7) is 4.70. The first-order valence-corrected chi connectivity index (χ1v) is 8.36. The number of hydrazine groups is 1. The molecule has 116 valence electrons. The van der Waals surface area contributed by atoms with Crippen LogP contribution in [0.5, 0.6) is 5.75 Å². The van der Waals surface area contributed by atoms with E-state index < -0.39 is 0 Å². The highest BCUT2D eigenvalue weighted by molar-refractivity contribution is 5.30. The van der Waals surface area contributed by atoms with Crippen LogP contribution < -0.4 is 10.2 Å². The van der Waals surface area contributed by atoms with Crippen molar-refractivity contribution in [2.24, 2.45) is 0 Å². The maximum atomic E-state index is 5.23. The summed E-state index contributed by atoms with van der Waals surface area (Å²) in [6.07, 6.45) is 6.53. The second-order valence-corrected chi connectivity index (χ2v) is 6.80. The van der Waals surface area contributed by atoms with Crippen LogP contribution in [0.3, 0.4) is 0 Å². The summed E-state index contributed by atoms with van der Waals surface area (Å²) in [7, 11) is 1.72. The standard InChI is InChI=1S/C18H28N2O/c1-13-5-4-6-14(2)20(13)19-17-11-16(12-17)15-7-9-18(21-3)10-8-15/h7-10,13-14,16-17,19H,4-6,11-12H2,1-3H3. The monoisotopic (exact) mass is 288 g/mol. The molecule has 3 rings (SSSR count). The number of nitrogens with one attached hydrogen (secondary N) is 1. The number of hydrogen-bond acceptors (Lipinski definition) is 3. The van der Waals surface area contributed by atoms with Crippen LogP contribution in [0.1, 0.15) is 57.4 Å². The zero-order valence-corrected chi connectivity index (χ0v) is 13.5. The third-order valence-corrected chi connectivity index (χ3v) is 5.25. The van der Waals surface area contributed by atoms with Gasteiger partial charge in [0.1, 0.15) is 5.75 Å². The van der Waals surface area contributed by atoms with E-state index >= 15 is 0 Å². The lowest BCUT2D eigenvalue weighted by molar-refractivity contribution is 0.0107. The molecule has 1 aliphatic carbocycles. The van der Waals surface area contributed by atoms with Crippen molar-refractivity contribution in [1.29, 1.82) is 0 Å². The Bertz CT molecular complexity index is 443. The lowest BCUT2D eigenvalue weighted by atomic mass is 9.76. The lowest BCUT2D eigenvalue weighted by Gasteiger charge is -2.46. The van der Waals surface area contributed by atoms with Gasteiger partial charge >= 0.3 is 0 Å². The van der Waals surface area contributed by atoms with E-state index in [0.29, 0.717) is 24.0 Å². The van der Waals surface area contributed by atoms with Gasteiger partial charge in [0.2, 0.25) is 0 Å². The molecule has 2 aliphatic rings. The molecule has 1 saturated carbocycles. The largest absolute Gasteiger partial charge is 0.497 e. The van der Waals surface area contributed by atoms with Crippen molar-refractivity contribution in [2.45, 2.75) is 70.0 Å². The van der Waals surface area contributed by atoms with E-state index in [0.717, 1.165) is 5.75 Å². The Hall–Kier alpha value is -1.06. The third kappa shape index (κ3) is 3.24. The van der Waals surface area contributed by atoms with Gasteiger partial charge in [-0.1, -0.05) is 18.6 Å². The Morgan fingerprint density at radius 2 is 1.67 bits per heavy atom. The highest BCUT2D eigenvalue weighted by Crippen LogP contribution is 2.38. The van der Waals surface area contributed by atoms with Gasteiger partial charge in [-0.3, -0.25) is 5.43 Å². The van der Waals surface area contributed by atoms with Crippen LogP contribution in [0.15, 0.2) is 24.3 Å². The number of rotatable bonds is 4. The molecular formula is C18H28N2O. The minimum atomic E-state index is 0.653. The van der Waals surface area contributed by atoms with Crippen molar-refractivity contribution < 1.29 is 4.74 Å². The number of methoxy groups -OCH3 is 1. The van der Waals surface area contributed by atoms with Gasteiger partial charge in [0.05, 0.1) is 7.11 Å². The van der Waals surface area contributed by atoms with E-state index in [1.54, 1.807) is 7.11 Å². The second kappa shape index (κ2) is 6.37. The van der Waals surface area contributed by atoms with Crippen LogP contribution >= 0.6 is 0 Å². The normalized spacial score (nSPS) is 33.5. The average Bonchev–Trinajstić information content (AvgIpc) is 2.45. The van der Waals surface area contributed by atoms with Crippen molar-refractivity contribution in [2.75, 3.05) is 7.11 Å². The molecule has 1 aromatic carbocycles. The predicted molar refractivity (Wildman–Crippen MR) is 86.5 cm³/mol. The van der Waals surface area contributed by atoms with E-state index in [2.05, 4.69) is 48.5 Å². The van der Waals surface area contributed by atoms with Crippen molar-refractivity contribution in [1.82, 2.24) is 10.4 Å². The summed E-state index contributed by atoms with van der Waals surface area (Å²) in [5.74, 6) is 1.66. The van der Waals surface area contributed by atoms with Gasteiger partial charge in [-0.05, 0) is 63.1 Å². The molecule has 1 aromatic rings. The molecule has 0 spiro atoms. The first kappa shape index (κ1) is 14.9. The number of nitrogens with zero attached hydrogens (tertiary/aromatic N) is 1. The molecule has 1 N–H and O–H groups in total. The molecule has 0 amide bonds. The molecule has 1 aliphatic heterocycles. The van der Waals surface area contributed by atoms with Crippen LogP contribution in [0, 0.1) is 0 Å². The number of piperidine rings is 1. The second-order valence-electron chi connectivity index (χ2n) is 6.80. The summed E-state index contributed by atoms with van der Waals surface area (Å²) in [6, 6.07) is 10.6. The fraction of sp³-hybridized carbons (Fsp3) is 0.667. The molecule has 3 nitrogen and oxygen atoms in total. The van der Waals surface area contributed by atoms with Crippen molar-refractivity contribution >= 4 is 0 Å². The molecule has 2 atom stereocenters.